The van der Waals surface area contributed by atoms with Gasteiger partial charge in [-0.3, -0.25) is 0 Å². The van der Waals surface area contributed by atoms with Crippen molar-refractivity contribution < 1.29 is 13.9 Å². The van der Waals surface area contributed by atoms with Gasteiger partial charge in [-0.25, -0.2) is 8.78 Å². The van der Waals surface area contributed by atoms with E-state index in [0.717, 1.165) is 16.6 Å². The third-order valence-corrected chi connectivity index (χ3v) is 3.56. The molecule has 0 spiro atoms. The highest BCUT2D eigenvalue weighted by atomic mass is 79.9. The number of nitrogens with one attached hydrogen (secondary N) is 1. The molecule has 0 aromatic heterocycles. The van der Waals surface area contributed by atoms with Crippen LogP contribution in [-0.4, -0.2) is 11.7 Å². The predicted octanol–water partition coefficient (Wildman–Crippen LogP) is 4.53. The molecule has 0 radical (unpaired) electrons. The molecule has 106 valence electrons. The van der Waals surface area contributed by atoms with Gasteiger partial charge in [0.1, 0.15) is 11.6 Å². The molecule has 0 aliphatic rings. The Morgan fingerprint density at radius 1 is 1.20 bits per heavy atom. The van der Waals surface area contributed by atoms with Gasteiger partial charge in [0.25, 0.3) is 0 Å². The molecule has 0 aliphatic heterocycles. The Morgan fingerprint density at radius 3 is 2.65 bits per heavy atom. The van der Waals surface area contributed by atoms with Crippen molar-refractivity contribution in [2.24, 2.45) is 0 Å². The molecule has 6 heteroatoms. The highest BCUT2D eigenvalue weighted by Crippen LogP contribution is 2.27. The van der Waals surface area contributed by atoms with Crippen molar-refractivity contribution in [3.05, 3.63) is 63.1 Å². The van der Waals surface area contributed by atoms with Crippen LogP contribution in [0.25, 0.3) is 0 Å². The maximum atomic E-state index is 13.5. The second-order valence-electron chi connectivity index (χ2n) is 4.19. The molecule has 2 rings (SSSR count). The maximum Gasteiger partial charge on any atom is 0.131 e. The SMILES string of the molecule is OC(CNc1cc(Br)ccc1Cl)c1ccc(F)cc1F. The zero-order valence-electron chi connectivity index (χ0n) is 10.2. The molecule has 0 amide bonds. The molecule has 1 unspecified atom stereocenters. The standard InChI is InChI=1S/C14H11BrClF2NO/c15-8-1-4-11(16)13(5-8)19-7-14(20)10-3-2-9(17)6-12(10)18/h1-6,14,19-20H,7H2. The first-order chi connectivity index (χ1) is 9.47. The quantitative estimate of drug-likeness (QED) is 0.838. The van der Waals surface area contributed by atoms with Crippen molar-refractivity contribution in [1.82, 2.24) is 0 Å². The lowest BCUT2D eigenvalue weighted by molar-refractivity contribution is 0.186. The van der Waals surface area contributed by atoms with Gasteiger partial charge in [-0.1, -0.05) is 33.6 Å². The van der Waals surface area contributed by atoms with Gasteiger partial charge in [0.15, 0.2) is 0 Å². The van der Waals surface area contributed by atoms with Crippen LogP contribution in [0.1, 0.15) is 11.7 Å². The Morgan fingerprint density at radius 2 is 1.95 bits per heavy atom. The van der Waals surface area contributed by atoms with E-state index in [1.54, 1.807) is 18.2 Å². The first kappa shape index (κ1) is 15.2. The van der Waals surface area contributed by atoms with E-state index >= 15 is 0 Å². The molecule has 2 N–H and O–H groups in total. The molecule has 2 aromatic carbocycles. The third kappa shape index (κ3) is 3.69. The fraction of sp³-hybridized carbons (Fsp3) is 0.143. The number of anilines is 1. The third-order valence-electron chi connectivity index (χ3n) is 2.74. The van der Waals surface area contributed by atoms with E-state index in [1.807, 2.05) is 0 Å². The fourth-order valence-corrected chi connectivity index (χ4v) is 2.27. The molecule has 0 saturated carbocycles. The predicted molar refractivity (Wildman–Crippen MR) is 79.0 cm³/mol. The van der Waals surface area contributed by atoms with E-state index in [0.29, 0.717) is 10.7 Å². The Bertz CT molecular complexity index is 624. The van der Waals surface area contributed by atoms with Crippen molar-refractivity contribution >= 4 is 33.2 Å². The monoisotopic (exact) mass is 361 g/mol. The summed E-state index contributed by atoms with van der Waals surface area (Å²) in [5.74, 6) is -1.46. The van der Waals surface area contributed by atoms with E-state index in [9.17, 15) is 13.9 Å². The number of aliphatic hydroxyl groups excluding tert-OH is 1. The second kappa shape index (κ2) is 6.52. The van der Waals surface area contributed by atoms with Crippen molar-refractivity contribution in [2.45, 2.75) is 6.10 Å². The molecule has 0 aliphatic carbocycles. The van der Waals surface area contributed by atoms with Gasteiger partial charge < -0.3 is 10.4 Å². The first-order valence-corrected chi connectivity index (χ1v) is 6.96. The van der Waals surface area contributed by atoms with Crippen molar-refractivity contribution in [3.8, 4) is 0 Å². The summed E-state index contributed by atoms with van der Waals surface area (Å²) in [7, 11) is 0. The van der Waals surface area contributed by atoms with Crippen LogP contribution in [0.15, 0.2) is 40.9 Å². The summed E-state index contributed by atoms with van der Waals surface area (Å²) in [6, 6.07) is 8.29. The molecule has 20 heavy (non-hydrogen) atoms. The van der Waals surface area contributed by atoms with Crippen LogP contribution in [0.5, 0.6) is 0 Å². The van der Waals surface area contributed by atoms with Crippen LogP contribution < -0.4 is 5.32 Å². The van der Waals surface area contributed by atoms with E-state index in [-0.39, 0.29) is 12.1 Å². The van der Waals surface area contributed by atoms with Crippen LogP contribution in [-0.2, 0) is 0 Å². The fourth-order valence-electron chi connectivity index (χ4n) is 1.72. The highest BCUT2D eigenvalue weighted by molar-refractivity contribution is 9.10. The van der Waals surface area contributed by atoms with Crippen LogP contribution in [0.4, 0.5) is 14.5 Å². The summed E-state index contributed by atoms with van der Waals surface area (Å²) in [5, 5.41) is 13.3. The normalized spacial score (nSPS) is 12.2. The molecular formula is C14H11BrClF2NO. The lowest BCUT2D eigenvalue weighted by Gasteiger charge is -2.15. The minimum atomic E-state index is -1.11. The smallest absolute Gasteiger partial charge is 0.131 e. The number of hydrogen-bond donors (Lipinski definition) is 2. The van der Waals surface area contributed by atoms with Gasteiger partial charge in [-0.15, -0.1) is 0 Å². The van der Waals surface area contributed by atoms with E-state index in [1.165, 1.54) is 6.07 Å². The summed E-state index contributed by atoms with van der Waals surface area (Å²) in [6.45, 7) is 0.0543. The van der Waals surface area contributed by atoms with Gasteiger partial charge in [0.05, 0.1) is 16.8 Å². The van der Waals surface area contributed by atoms with Gasteiger partial charge >= 0.3 is 0 Å². The maximum absolute atomic E-state index is 13.5. The van der Waals surface area contributed by atoms with Gasteiger partial charge in [-0.05, 0) is 24.3 Å². The van der Waals surface area contributed by atoms with E-state index < -0.39 is 17.7 Å². The molecule has 0 heterocycles. The minimum absolute atomic E-state index is 0.0324. The summed E-state index contributed by atoms with van der Waals surface area (Å²) < 4.78 is 27.1. The van der Waals surface area contributed by atoms with E-state index in [4.69, 9.17) is 11.6 Å². The number of aliphatic hydroxyl groups is 1. The van der Waals surface area contributed by atoms with E-state index in [2.05, 4.69) is 21.2 Å². The first-order valence-electron chi connectivity index (χ1n) is 5.79. The average Bonchev–Trinajstić information content (AvgIpc) is 2.39. The largest absolute Gasteiger partial charge is 0.386 e. The molecule has 2 nitrogen and oxygen atoms in total. The number of halogens is 4. The Hall–Kier alpha value is -1.17. The Labute approximate surface area is 128 Å². The lowest BCUT2D eigenvalue weighted by atomic mass is 10.1. The summed E-state index contributed by atoms with van der Waals surface area (Å²) >= 11 is 9.29. The summed E-state index contributed by atoms with van der Waals surface area (Å²) in [5.41, 5.74) is 0.646. The highest BCUT2D eigenvalue weighted by Gasteiger charge is 2.14. The van der Waals surface area contributed by atoms with Crippen molar-refractivity contribution in [2.75, 3.05) is 11.9 Å². The zero-order valence-corrected chi connectivity index (χ0v) is 12.5. The van der Waals surface area contributed by atoms with Crippen molar-refractivity contribution in [3.63, 3.8) is 0 Å². The van der Waals surface area contributed by atoms with Crippen LogP contribution in [0.2, 0.25) is 5.02 Å². The zero-order chi connectivity index (χ0) is 14.7. The van der Waals surface area contributed by atoms with Crippen LogP contribution >= 0.6 is 27.5 Å². The summed E-state index contributed by atoms with van der Waals surface area (Å²) in [6.07, 6.45) is -1.11. The molecule has 2 aromatic rings. The number of rotatable bonds is 4. The topological polar surface area (TPSA) is 32.3 Å². The van der Waals surface area contributed by atoms with Gasteiger partial charge in [0, 0.05) is 22.6 Å². The van der Waals surface area contributed by atoms with Crippen LogP contribution in [0, 0.1) is 11.6 Å². The number of benzene rings is 2. The molecule has 0 saturated heterocycles. The number of hydrogen-bond acceptors (Lipinski definition) is 2. The van der Waals surface area contributed by atoms with Gasteiger partial charge in [0.2, 0.25) is 0 Å². The molecule has 0 fully saturated rings. The second-order valence-corrected chi connectivity index (χ2v) is 5.51. The Balaban J connectivity index is 2.08. The average molecular weight is 363 g/mol. The minimum Gasteiger partial charge on any atom is -0.386 e. The lowest BCUT2D eigenvalue weighted by Crippen LogP contribution is -2.13. The summed E-state index contributed by atoms with van der Waals surface area (Å²) in [4.78, 5) is 0. The van der Waals surface area contributed by atoms with Crippen molar-refractivity contribution in [1.29, 1.82) is 0 Å². The molecular weight excluding hydrogens is 352 g/mol. The Kier molecular flexibility index (Phi) is 4.96. The van der Waals surface area contributed by atoms with Gasteiger partial charge in [-0.2, -0.15) is 0 Å². The van der Waals surface area contributed by atoms with Crippen LogP contribution in [0.3, 0.4) is 0 Å². The molecule has 1 atom stereocenters. The molecule has 0 bridgehead atoms.